The maximum Gasteiger partial charge on any atom is 0.238 e. The molecule has 0 radical (unpaired) electrons. The van der Waals surface area contributed by atoms with Gasteiger partial charge in [0.2, 0.25) is 15.9 Å². The zero-order chi connectivity index (χ0) is 15.2. The van der Waals surface area contributed by atoms with E-state index in [-0.39, 0.29) is 10.8 Å². The maximum absolute atomic E-state index is 11.7. The van der Waals surface area contributed by atoms with E-state index in [1.807, 2.05) is 0 Å². The van der Waals surface area contributed by atoms with E-state index < -0.39 is 10.0 Å². The molecule has 7 heteroatoms. The Kier molecular flexibility index (Phi) is 6.12. The lowest BCUT2D eigenvalue weighted by Gasteiger charge is -2.10. The van der Waals surface area contributed by atoms with Crippen LogP contribution in [0.15, 0.2) is 29.2 Å². The molecule has 1 rings (SSSR count). The minimum atomic E-state index is -3.70. The van der Waals surface area contributed by atoms with Crippen molar-refractivity contribution in [3.63, 3.8) is 0 Å². The normalized spacial score (nSPS) is 12.9. The highest BCUT2D eigenvalue weighted by atomic mass is 32.2. The number of rotatable bonds is 7. The molecule has 1 amide bonds. The maximum atomic E-state index is 11.7. The average molecular weight is 299 g/mol. The van der Waals surface area contributed by atoms with Gasteiger partial charge in [-0.3, -0.25) is 4.79 Å². The van der Waals surface area contributed by atoms with Gasteiger partial charge in [0.1, 0.15) is 0 Å². The Hall–Kier alpha value is -1.44. The van der Waals surface area contributed by atoms with Crippen molar-refractivity contribution in [3.05, 3.63) is 24.3 Å². The van der Waals surface area contributed by atoms with E-state index >= 15 is 0 Å². The molecule has 0 fully saturated rings. The molecule has 112 valence electrons. The van der Waals surface area contributed by atoms with Crippen molar-refractivity contribution in [2.45, 2.75) is 31.1 Å². The highest BCUT2D eigenvalue weighted by Gasteiger charge is 2.09. The second kappa shape index (κ2) is 7.37. The summed E-state index contributed by atoms with van der Waals surface area (Å²) in [5.74, 6) is 0.313. The predicted octanol–water partition coefficient (Wildman–Crippen LogP) is 1.04. The number of hydrogen-bond acceptors (Lipinski definition) is 4. The van der Waals surface area contributed by atoms with E-state index in [1.54, 1.807) is 0 Å². The molecule has 0 aromatic heterocycles. The van der Waals surface area contributed by atoms with Gasteiger partial charge in [-0.25, -0.2) is 13.6 Å². The predicted molar refractivity (Wildman–Crippen MR) is 78.5 cm³/mol. The highest BCUT2D eigenvalue weighted by Crippen LogP contribution is 2.14. The van der Waals surface area contributed by atoms with Crippen LogP contribution in [-0.4, -0.2) is 20.9 Å². The van der Waals surface area contributed by atoms with E-state index in [0.29, 0.717) is 24.6 Å². The summed E-state index contributed by atoms with van der Waals surface area (Å²) in [5, 5.41) is 7.70. The van der Waals surface area contributed by atoms with Gasteiger partial charge in [0.15, 0.2) is 0 Å². The van der Waals surface area contributed by atoms with Crippen molar-refractivity contribution in [1.29, 1.82) is 0 Å². The Morgan fingerprint density at radius 3 is 2.35 bits per heavy atom. The fourth-order valence-corrected chi connectivity index (χ4v) is 2.27. The van der Waals surface area contributed by atoms with E-state index in [4.69, 9.17) is 10.9 Å². The molecule has 0 saturated carbocycles. The van der Waals surface area contributed by atoms with Gasteiger partial charge < -0.3 is 11.1 Å². The molecule has 6 nitrogen and oxygen atoms in total. The minimum absolute atomic E-state index is 0.0204. The van der Waals surface area contributed by atoms with E-state index in [1.165, 1.54) is 24.3 Å². The van der Waals surface area contributed by atoms with Crippen LogP contribution in [0.1, 0.15) is 26.2 Å². The Labute approximate surface area is 119 Å². The summed E-state index contributed by atoms with van der Waals surface area (Å²) in [6.07, 6.45) is 2.09. The molecular weight excluding hydrogens is 278 g/mol. The second-order valence-corrected chi connectivity index (χ2v) is 6.40. The fraction of sp³-hybridized carbons (Fsp3) is 0.462. The molecule has 0 aliphatic carbocycles. The van der Waals surface area contributed by atoms with Crippen LogP contribution >= 0.6 is 0 Å². The zero-order valence-corrected chi connectivity index (χ0v) is 12.3. The fourth-order valence-electron chi connectivity index (χ4n) is 1.76. The van der Waals surface area contributed by atoms with Crippen molar-refractivity contribution in [3.8, 4) is 0 Å². The number of benzene rings is 1. The first-order valence-electron chi connectivity index (χ1n) is 6.45. The second-order valence-electron chi connectivity index (χ2n) is 4.84. The molecule has 0 spiro atoms. The monoisotopic (exact) mass is 299 g/mol. The SMILES string of the molecule is CC(CCN)CCC(=O)Nc1ccc(S(N)(=O)=O)cc1. The first-order chi connectivity index (χ1) is 9.32. The number of anilines is 1. The molecule has 1 aromatic rings. The largest absolute Gasteiger partial charge is 0.330 e. The molecule has 20 heavy (non-hydrogen) atoms. The van der Waals surface area contributed by atoms with Gasteiger partial charge in [0.05, 0.1) is 4.90 Å². The molecule has 0 aliphatic rings. The zero-order valence-electron chi connectivity index (χ0n) is 11.5. The lowest BCUT2D eigenvalue weighted by atomic mass is 10.0. The van der Waals surface area contributed by atoms with Crippen LogP contribution in [0.25, 0.3) is 0 Å². The number of carbonyl (C=O) groups is 1. The third-order valence-electron chi connectivity index (χ3n) is 2.99. The third kappa shape index (κ3) is 5.68. The van der Waals surface area contributed by atoms with Crippen molar-refractivity contribution < 1.29 is 13.2 Å². The third-order valence-corrected chi connectivity index (χ3v) is 3.92. The van der Waals surface area contributed by atoms with Crippen molar-refractivity contribution in [2.75, 3.05) is 11.9 Å². The molecule has 0 bridgehead atoms. The standard InChI is InChI=1S/C13H21N3O3S/c1-10(8-9-14)2-7-13(17)16-11-3-5-12(6-4-11)20(15,18)19/h3-6,10H,2,7-9,14H2,1H3,(H,16,17)(H2,15,18,19). The van der Waals surface area contributed by atoms with Gasteiger partial charge in [0.25, 0.3) is 0 Å². The number of amides is 1. The van der Waals surface area contributed by atoms with Gasteiger partial charge in [-0.05, 0) is 49.6 Å². The summed E-state index contributed by atoms with van der Waals surface area (Å²) < 4.78 is 22.2. The number of nitrogens with one attached hydrogen (secondary N) is 1. The number of hydrogen-bond donors (Lipinski definition) is 3. The summed E-state index contributed by atoms with van der Waals surface area (Å²) in [5.41, 5.74) is 6.00. The van der Waals surface area contributed by atoms with Crippen LogP contribution in [0.5, 0.6) is 0 Å². The Balaban J connectivity index is 2.50. The first-order valence-corrected chi connectivity index (χ1v) is 8.00. The van der Waals surface area contributed by atoms with Crippen molar-refractivity contribution in [2.24, 2.45) is 16.8 Å². The minimum Gasteiger partial charge on any atom is -0.330 e. The quantitative estimate of drug-likeness (QED) is 0.697. The molecule has 0 heterocycles. The van der Waals surface area contributed by atoms with Crippen molar-refractivity contribution in [1.82, 2.24) is 0 Å². The van der Waals surface area contributed by atoms with Gasteiger partial charge in [-0.15, -0.1) is 0 Å². The van der Waals surface area contributed by atoms with E-state index in [2.05, 4.69) is 12.2 Å². The molecule has 1 aromatic carbocycles. The number of primary sulfonamides is 1. The topological polar surface area (TPSA) is 115 Å². The van der Waals surface area contributed by atoms with Crippen LogP contribution in [0.4, 0.5) is 5.69 Å². The lowest BCUT2D eigenvalue weighted by Crippen LogP contribution is -2.15. The van der Waals surface area contributed by atoms with E-state index in [0.717, 1.165) is 12.8 Å². The Bertz CT molecular complexity index is 540. The first kappa shape index (κ1) is 16.6. The Morgan fingerprint density at radius 2 is 1.85 bits per heavy atom. The van der Waals surface area contributed by atoms with Crippen LogP contribution in [0.2, 0.25) is 0 Å². The van der Waals surface area contributed by atoms with Gasteiger partial charge in [-0.1, -0.05) is 6.92 Å². The molecular formula is C13H21N3O3S. The van der Waals surface area contributed by atoms with E-state index in [9.17, 15) is 13.2 Å². The van der Waals surface area contributed by atoms with Crippen LogP contribution in [0, 0.1) is 5.92 Å². The Morgan fingerprint density at radius 1 is 1.25 bits per heavy atom. The van der Waals surface area contributed by atoms with Crippen LogP contribution < -0.4 is 16.2 Å². The summed E-state index contributed by atoms with van der Waals surface area (Å²) in [7, 11) is -3.70. The summed E-state index contributed by atoms with van der Waals surface area (Å²) in [6.45, 7) is 2.68. The van der Waals surface area contributed by atoms with Gasteiger partial charge in [-0.2, -0.15) is 0 Å². The summed E-state index contributed by atoms with van der Waals surface area (Å²) in [4.78, 5) is 11.7. The van der Waals surface area contributed by atoms with Gasteiger partial charge >= 0.3 is 0 Å². The number of sulfonamides is 1. The molecule has 1 unspecified atom stereocenters. The van der Waals surface area contributed by atoms with Crippen LogP contribution in [0.3, 0.4) is 0 Å². The average Bonchev–Trinajstić information content (AvgIpc) is 2.36. The lowest BCUT2D eigenvalue weighted by molar-refractivity contribution is -0.116. The molecule has 1 atom stereocenters. The van der Waals surface area contributed by atoms with Crippen LogP contribution in [-0.2, 0) is 14.8 Å². The smallest absolute Gasteiger partial charge is 0.238 e. The molecule has 0 aliphatic heterocycles. The molecule has 0 saturated heterocycles. The number of nitrogens with two attached hydrogens (primary N) is 2. The number of carbonyl (C=O) groups excluding carboxylic acids is 1. The van der Waals surface area contributed by atoms with Crippen molar-refractivity contribution >= 4 is 21.6 Å². The molecule has 5 N–H and O–H groups in total. The summed E-state index contributed by atoms with van der Waals surface area (Å²) >= 11 is 0. The summed E-state index contributed by atoms with van der Waals surface area (Å²) in [6, 6.07) is 5.76. The highest BCUT2D eigenvalue weighted by molar-refractivity contribution is 7.89. The van der Waals surface area contributed by atoms with Gasteiger partial charge in [0, 0.05) is 12.1 Å².